The van der Waals surface area contributed by atoms with Crippen LogP contribution in [-0.2, 0) is 0 Å². The normalized spacial score (nSPS) is 9.60. The summed E-state index contributed by atoms with van der Waals surface area (Å²) in [6, 6.07) is 7.96. The van der Waals surface area contributed by atoms with Gasteiger partial charge in [-0.2, -0.15) is 0 Å². The van der Waals surface area contributed by atoms with Crippen LogP contribution in [0.5, 0.6) is 0 Å². The molecule has 0 aliphatic carbocycles. The molecule has 1 heterocycles. The zero-order valence-electron chi connectivity index (χ0n) is 7.99. The van der Waals surface area contributed by atoms with Crippen LogP contribution in [-0.4, -0.2) is 5.84 Å². The lowest BCUT2D eigenvalue weighted by molar-refractivity contribution is 1.46. The number of halogens is 1. The van der Waals surface area contributed by atoms with Crippen molar-refractivity contribution in [3.8, 4) is 0 Å². The Labute approximate surface area is 98.3 Å². The Hall–Kier alpha value is -1.32. The highest BCUT2D eigenvalue weighted by atomic mass is 35.5. The average Bonchev–Trinajstić information content (AvgIpc) is 2.60. The number of amidine groups is 1. The van der Waals surface area contributed by atoms with Gasteiger partial charge < -0.3 is 5.73 Å². The minimum absolute atomic E-state index is 0. The van der Waals surface area contributed by atoms with Crippen LogP contribution in [0.1, 0.15) is 10.4 Å². The minimum atomic E-state index is 0. The summed E-state index contributed by atoms with van der Waals surface area (Å²) in [4.78, 5) is 0.814. The summed E-state index contributed by atoms with van der Waals surface area (Å²) in [5, 5.41) is 8.48. The van der Waals surface area contributed by atoms with E-state index in [0.29, 0.717) is 0 Å². The molecule has 2 aromatic rings. The molecular weight excluding hydrogens is 228 g/mol. The highest BCUT2D eigenvalue weighted by Gasteiger charge is 2.05. The van der Waals surface area contributed by atoms with E-state index in [4.69, 9.17) is 11.1 Å². The molecule has 1 aromatic carbocycles. The maximum absolute atomic E-state index is 7.36. The molecule has 0 fully saturated rings. The van der Waals surface area contributed by atoms with E-state index < -0.39 is 0 Å². The lowest BCUT2D eigenvalue weighted by Gasteiger charge is -1.93. The van der Waals surface area contributed by atoms with Gasteiger partial charge in [0.2, 0.25) is 0 Å². The Morgan fingerprint density at radius 2 is 2.20 bits per heavy atom. The number of hydrogen-bond donors (Lipinski definition) is 2. The van der Waals surface area contributed by atoms with Crippen LogP contribution >= 0.6 is 23.7 Å². The molecule has 4 heteroatoms. The van der Waals surface area contributed by atoms with Gasteiger partial charge in [0.25, 0.3) is 0 Å². The van der Waals surface area contributed by atoms with Crippen molar-refractivity contribution >= 4 is 45.7 Å². The van der Waals surface area contributed by atoms with Crippen LogP contribution in [0.4, 0.5) is 0 Å². The van der Waals surface area contributed by atoms with Crippen molar-refractivity contribution < 1.29 is 0 Å². The molecule has 15 heavy (non-hydrogen) atoms. The molecule has 1 aromatic heterocycles. The van der Waals surface area contributed by atoms with E-state index >= 15 is 0 Å². The number of hydrogen-bond acceptors (Lipinski definition) is 2. The van der Waals surface area contributed by atoms with Gasteiger partial charge in [0, 0.05) is 10.1 Å². The third kappa shape index (κ3) is 2.03. The molecule has 0 unspecified atom stereocenters. The second-order valence-corrected chi connectivity index (χ2v) is 4.07. The smallest absolute Gasteiger partial charge is 0.133 e. The summed E-state index contributed by atoms with van der Waals surface area (Å²) >= 11 is 1.54. The Morgan fingerprint density at radius 1 is 1.47 bits per heavy atom. The fourth-order valence-electron chi connectivity index (χ4n) is 1.39. The van der Waals surface area contributed by atoms with E-state index in [2.05, 4.69) is 6.58 Å². The lowest BCUT2D eigenvalue weighted by Crippen LogP contribution is -2.08. The zero-order chi connectivity index (χ0) is 10.1. The van der Waals surface area contributed by atoms with Crippen LogP contribution < -0.4 is 5.73 Å². The van der Waals surface area contributed by atoms with Crippen LogP contribution in [0, 0.1) is 5.41 Å². The molecule has 2 nitrogen and oxygen atoms in total. The second-order valence-electron chi connectivity index (χ2n) is 2.99. The number of nitrogens with one attached hydrogen (secondary N) is 1. The van der Waals surface area contributed by atoms with Crippen molar-refractivity contribution in [3.63, 3.8) is 0 Å². The van der Waals surface area contributed by atoms with E-state index in [1.807, 2.05) is 30.3 Å². The number of nitrogen functional groups attached to an aromatic ring is 1. The molecule has 0 spiro atoms. The van der Waals surface area contributed by atoms with Gasteiger partial charge in [-0.1, -0.05) is 24.8 Å². The van der Waals surface area contributed by atoms with Crippen LogP contribution in [0.15, 0.2) is 30.8 Å². The maximum Gasteiger partial charge on any atom is 0.133 e. The van der Waals surface area contributed by atoms with Crippen LogP contribution in [0.25, 0.3) is 16.2 Å². The van der Waals surface area contributed by atoms with Gasteiger partial charge in [0.1, 0.15) is 5.84 Å². The highest BCUT2D eigenvalue weighted by Crippen LogP contribution is 2.28. The number of fused-ring (bicyclic) bond motifs is 1. The van der Waals surface area contributed by atoms with E-state index in [9.17, 15) is 0 Å². The maximum atomic E-state index is 7.36. The van der Waals surface area contributed by atoms with Gasteiger partial charge in [-0.3, -0.25) is 5.41 Å². The van der Waals surface area contributed by atoms with Crippen molar-refractivity contribution in [2.45, 2.75) is 0 Å². The lowest BCUT2D eigenvalue weighted by atomic mass is 10.1. The molecule has 3 N–H and O–H groups in total. The van der Waals surface area contributed by atoms with Crippen molar-refractivity contribution in [1.82, 2.24) is 0 Å². The van der Waals surface area contributed by atoms with Crippen molar-refractivity contribution in [2.75, 3.05) is 0 Å². The van der Waals surface area contributed by atoms with Gasteiger partial charge in [0.05, 0.1) is 4.88 Å². The Morgan fingerprint density at radius 3 is 2.80 bits per heavy atom. The molecule has 0 saturated heterocycles. The zero-order valence-corrected chi connectivity index (χ0v) is 9.62. The average molecular weight is 239 g/mol. The predicted molar refractivity (Wildman–Crippen MR) is 70.2 cm³/mol. The van der Waals surface area contributed by atoms with Gasteiger partial charge >= 0.3 is 0 Å². The number of nitrogens with two attached hydrogens (primary N) is 1. The highest BCUT2D eigenvalue weighted by molar-refractivity contribution is 7.20. The molecule has 78 valence electrons. The first-order chi connectivity index (χ1) is 6.72. The molecule has 2 rings (SSSR count). The summed E-state index contributed by atoms with van der Waals surface area (Å²) in [5.74, 6) is 0.126. The largest absolute Gasteiger partial charge is 0.383 e. The van der Waals surface area contributed by atoms with Gasteiger partial charge in [-0.05, 0) is 17.7 Å². The molecule has 0 atom stereocenters. The number of benzene rings is 1. The summed E-state index contributed by atoms with van der Waals surface area (Å²) in [7, 11) is 0. The van der Waals surface area contributed by atoms with Crippen molar-refractivity contribution in [2.24, 2.45) is 5.73 Å². The molecule has 0 aliphatic rings. The topological polar surface area (TPSA) is 49.9 Å². The Kier molecular flexibility index (Phi) is 3.50. The monoisotopic (exact) mass is 238 g/mol. The second kappa shape index (κ2) is 4.47. The fourth-order valence-corrected chi connectivity index (χ4v) is 2.35. The SMILES string of the molecule is C=Cc1cccc2sc(C(=N)N)cc12.Cl. The first-order valence-electron chi connectivity index (χ1n) is 4.22. The van der Waals surface area contributed by atoms with E-state index in [1.165, 1.54) is 11.3 Å². The molecule has 0 saturated carbocycles. The Balaban J connectivity index is 0.00000112. The van der Waals surface area contributed by atoms with Crippen LogP contribution in [0.3, 0.4) is 0 Å². The fraction of sp³-hybridized carbons (Fsp3) is 0. The van der Waals surface area contributed by atoms with Gasteiger partial charge in [-0.25, -0.2) is 0 Å². The number of rotatable bonds is 2. The molecule has 0 bridgehead atoms. The molecule has 0 amide bonds. The van der Waals surface area contributed by atoms with Crippen LogP contribution in [0.2, 0.25) is 0 Å². The van der Waals surface area contributed by atoms with Gasteiger partial charge in [-0.15, -0.1) is 23.7 Å². The number of thiophene rings is 1. The van der Waals surface area contributed by atoms with Crippen molar-refractivity contribution in [1.29, 1.82) is 5.41 Å². The third-order valence-corrected chi connectivity index (χ3v) is 3.21. The Bertz CT molecular complexity index is 516. The quantitative estimate of drug-likeness (QED) is 0.613. The predicted octanol–water partition coefficient (Wildman–Crippen LogP) is 3.25. The van der Waals surface area contributed by atoms with Crippen molar-refractivity contribution in [3.05, 3.63) is 41.3 Å². The first-order valence-corrected chi connectivity index (χ1v) is 5.03. The summed E-state index contributed by atoms with van der Waals surface area (Å²) in [6.45, 7) is 3.75. The van der Waals surface area contributed by atoms with E-state index in [0.717, 1.165) is 20.5 Å². The van der Waals surface area contributed by atoms with E-state index in [1.54, 1.807) is 0 Å². The summed E-state index contributed by atoms with van der Waals surface area (Å²) in [5.41, 5.74) is 6.53. The molecular formula is C11H11ClN2S. The molecule has 0 aliphatic heterocycles. The minimum Gasteiger partial charge on any atom is -0.383 e. The standard InChI is InChI=1S/C11H10N2S.ClH/c1-2-7-4-3-5-9-8(7)6-10(14-9)11(12)13;/h2-6H,1H2,(H3,12,13);1H. The first kappa shape index (κ1) is 11.8. The van der Waals surface area contributed by atoms with Gasteiger partial charge in [0.15, 0.2) is 0 Å². The third-order valence-electron chi connectivity index (χ3n) is 2.08. The summed E-state index contributed by atoms with van der Waals surface area (Å²) < 4.78 is 1.15. The molecule has 0 radical (unpaired) electrons. The summed E-state index contributed by atoms with van der Waals surface area (Å²) in [6.07, 6.45) is 1.82. The van der Waals surface area contributed by atoms with E-state index in [-0.39, 0.29) is 18.2 Å².